The molecule has 1 aromatic carbocycles. The van der Waals surface area contributed by atoms with Gasteiger partial charge in [-0.15, -0.1) is 6.08 Å². The van der Waals surface area contributed by atoms with E-state index in [1.54, 1.807) is 0 Å². The third-order valence-corrected chi connectivity index (χ3v) is 5.70. The van der Waals surface area contributed by atoms with Gasteiger partial charge in [0.1, 0.15) is 0 Å². The molecule has 5 rings (SSSR count). The van der Waals surface area contributed by atoms with Crippen LogP contribution in [0.25, 0.3) is 28.1 Å². The zero-order chi connectivity index (χ0) is 20.8. The molecule has 4 heterocycles. The summed E-state index contributed by atoms with van der Waals surface area (Å²) < 4.78 is 0. The van der Waals surface area contributed by atoms with Crippen molar-refractivity contribution in [3.8, 4) is 0 Å². The van der Waals surface area contributed by atoms with Gasteiger partial charge in [0.2, 0.25) is 0 Å². The van der Waals surface area contributed by atoms with Gasteiger partial charge in [0.15, 0.2) is 0 Å². The molecule has 0 radical (unpaired) electrons. The molecule has 0 aromatic heterocycles. The number of allylic oxidation sites excluding steroid dienone is 2. The van der Waals surface area contributed by atoms with Crippen molar-refractivity contribution < 1.29 is 27.4 Å². The molecule has 0 amide bonds. The molecule has 0 saturated heterocycles. The first-order valence-corrected chi connectivity index (χ1v) is 10.1. The van der Waals surface area contributed by atoms with Gasteiger partial charge in [-0.2, -0.15) is 0 Å². The van der Waals surface area contributed by atoms with Crippen molar-refractivity contribution in [2.24, 2.45) is 10.2 Å². The van der Waals surface area contributed by atoms with Crippen LogP contribution in [-0.2, 0) is 16.5 Å². The first-order valence-electron chi connectivity index (χ1n) is 10.1. The maximum atomic E-state index is 4.97. The van der Waals surface area contributed by atoms with Crippen LogP contribution in [0.5, 0.6) is 0 Å². The average Bonchev–Trinajstić information content (AvgIpc) is 2.77. The summed E-state index contributed by atoms with van der Waals surface area (Å²) in [7, 11) is 3.85. The number of rotatable bonds is 0. The molecule has 33 heavy (non-hydrogen) atoms. The van der Waals surface area contributed by atoms with E-state index in [4.69, 9.17) is 26.2 Å². The SMILES string of the molecule is CC1=NN(C)C2=CC=c3ccc4c(c3[N-]2)[N-]C(=CC=4)N(C)N=C(C)C2CC=CC1[N-]2.O.O.[Ni+2]. The van der Waals surface area contributed by atoms with Crippen LogP contribution in [0.2, 0.25) is 0 Å². The first-order chi connectivity index (χ1) is 14.5. The monoisotopic (exact) mass is 492 g/mol. The molecule has 9 nitrogen and oxygen atoms in total. The van der Waals surface area contributed by atoms with Crippen molar-refractivity contribution >= 4 is 35.0 Å². The molecule has 4 aliphatic heterocycles. The second-order valence-electron chi connectivity index (χ2n) is 7.85. The van der Waals surface area contributed by atoms with Crippen LogP contribution in [0.4, 0.5) is 11.4 Å². The van der Waals surface area contributed by atoms with E-state index in [1.165, 1.54) is 0 Å². The number of hydrazone groups is 2. The van der Waals surface area contributed by atoms with E-state index in [9.17, 15) is 0 Å². The van der Waals surface area contributed by atoms with Gasteiger partial charge >= 0.3 is 16.5 Å². The zero-order valence-corrected chi connectivity index (χ0v) is 19.9. The molecule has 2 unspecified atom stereocenters. The van der Waals surface area contributed by atoms with Crippen molar-refractivity contribution in [2.75, 3.05) is 14.1 Å². The number of hydrogen-bond donors (Lipinski definition) is 0. The summed E-state index contributed by atoms with van der Waals surface area (Å²) >= 11 is 0. The third kappa shape index (κ3) is 4.89. The summed E-state index contributed by atoms with van der Waals surface area (Å²) in [4.78, 5) is 0. The Morgan fingerprint density at radius 1 is 0.818 bits per heavy atom. The summed E-state index contributed by atoms with van der Waals surface area (Å²) in [6.45, 7) is 4.04. The Morgan fingerprint density at radius 3 is 1.88 bits per heavy atom. The van der Waals surface area contributed by atoms with Crippen LogP contribution >= 0.6 is 0 Å². The maximum absolute atomic E-state index is 4.97. The number of nitrogens with zero attached hydrogens (tertiary/aromatic N) is 7. The van der Waals surface area contributed by atoms with Gasteiger partial charge in [0, 0.05) is 5.71 Å². The van der Waals surface area contributed by atoms with E-state index in [2.05, 4.69) is 36.4 Å². The molecule has 4 N–H and O–H groups in total. The fourth-order valence-corrected chi connectivity index (χ4v) is 3.98. The molecule has 0 aliphatic carbocycles. The summed E-state index contributed by atoms with van der Waals surface area (Å²) in [5, 5.41) is 30.1. The van der Waals surface area contributed by atoms with Crippen LogP contribution in [0.3, 0.4) is 0 Å². The van der Waals surface area contributed by atoms with Crippen molar-refractivity contribution in [1.29, 1.82) is 0 Å². The van der Waals surface area contributed by atoms with Gasteiger partial charge in [-0.25, -0.2) is 0 Å². The number of benzene rings is 1. The van der Waals surface area contributed by atoms with Crippen LogP contribution in [0.15, 0.2) is 58.3 Å². The standard InChI is InChI=1S/C23H24N7.Ni.2H2O/c1-14-18-6-5-7-19(24-18)15(2)28-30(4)21-13-11-17-9-8-16-10-12-20(29(3)27-14)25-22(16)23(17)26-21;;;/h5-6,8-13,18-19H,7H2,1-4H3;;2*1H2/q-3;+2;;. The van der Waals surface area contributed by atoms with E-state index in [0.717, 1.165) is 51.3 Å². The molecular formula is C23H28N7NiO2-. The van der Waals surface area contributed by atoms with Crippen LogP contribution in [0.1, 0.15) is 20.3 Å². The Kier molecular flexibility index (Phi) is 8.27. The van der Waals surface area contributed by atoms with Crippen molar-refractivity contribution in [3.05, 3.63) is 74.5 Å². The maximum Gasteiger partial charge on any atom is 2.00 e. The van der Waals surface area contributed by atoms with E-state index in [0.29, 0.717) is 0 Å². The minimum Gasteiger partial charge on any atom is -0.644 e. The van der Waals surface area contributed by atoms with E-state index < -0.39 is 0 Å². The molecule has 2 atom stereocenters. The smallest absolute Gasteiger partial charge is 0.644 e. The van der Waals surface area contributed by atoms with Gasteiger partial charge in [0.05, 0.1) is 0 Å². The minimum absolute atomic E-state index is 0. The normalized spacial score (nSPS) is 22.4. The van der Waals surface area contributed by atoms with Crippen LogP contribution in [-0.4, -0.2) is 58.6 Å². The molecule has 6 bridgehead atoms. The topological polar surface area (TPSA) is 136 Å². The Balaban J connectivity index is 0.00000128. The summed E-state index contributed by atoms with van der Waals surface area (Å²) in [6, 6.07) is 4.11. The Morgan fingerprint density at radius 2 is 1.33 bits per heavy atom. The molecule has 4 aliphatic rings. The first kappa shape index (κ1) is 26.3. The number of hydrogen-bond acceptors (Lipinski definition) is 4. The molecule has 0 saturated carbocycles. The zero-order valence-electron chi connectivity index (χ0n) is 18.9. The Hall–Kier alpha value is -2.91. The third-order valence-electron chi connectivity index (χ3n) is 5.70. The van der Waals surface area contributed by atoms with E-state index >= 15 is 0 Å². The second-order valence-corrected chi connectivity index (χ2v) is 7.85. The largest absolute Gasteiger partial charge is 2.00 e. The molecule has 178 valence electrons. The summed E-state index contributed by atoms with van der Waals surface area (Å²) in [5.41, 5.74) is 3.61. The predicted octanol–water partition coefficient (Wildman–Crippen LogP) is 2.02. The quantitative estimate of drug-likeness (QED) is 0.404. The second kappa shape index (κ2) is 10.4. The fourth-order valence-electron chi connectivity index (χ4n) is 3.98. The van der Waals surface area contributed by atoms with Gasteiger partial charge in [-0.1, -0.05) is 54.6 Å². The van der Waals surface area contributed by atoms with Crippen molar-refractivity contribution in [3.63, 3.8) is 0 Å². The van der Waals surface area contributed by atoms with Gasteiger partial charge in [-0.05, 0) is 73.5 Å². The van der Waals surface area contributed by atoms with Gasteiger partial charge < -0.3 is 36.9 Å². The molecule has 10 heteroatoms. The van der Waals surface area contributed by atoms with Gasteiger partial charge in [0.25, 0.3) is 0 Å². The minimum atomic E-state index is -0.0712. The van der Waals surface area contributed by atoms with Crippen LogP contribution in [0, 0.1) is 0 Å². The molecular weight excluding hydrogens is 465 g/mol. The average molecular weight is 493 g/mol. The molecule has 0 fully saturated rings. The summed E-state index contributed by atoms with van der Waals surface area (Å²) in [5.74, 6) is 1.55. The molecule has 0 spiro atoms. The fraction of sp³-hybridized carbons (Fsp3) is 0.304. The van der Waals surface area contributed by atoms with Crippen molar-refractivity contribution in [2.45, 2.75) is 32.4 Å². The Bertz CT molecular complexity index is 1190. The van der Waals surface area contributed by atoms with Crippen molar-refractivity contribution in [1.82, 2.24) is 10.0 Å². The van der Waals surface area contributed by atoms with E-state index in [-0.39, 0.29) is 39.5 Å². The predicted molar refractivity (Wildman–Crippen MR) is 130 cm³/mol. The number of fused-ring (bicyclic) bond motifs is 4. The van der Waals surface area contributed by atoms with Crippen LogP contribution < -0.4 is 10.4 Å². The Labute approximate surface area is 203 Å². The summed E-state index contributed by atoms with van der Waals surface area (Å²) in [6.07, 6.45) is 13.2. The van der Waals surface area contributed by atoms with Gasteiger partial charge in [-0.3, -0.25) is 10.2 Å². The van der Waals surface area contributed by atoms with E-state index in [1.807, 2.05) is 50.1 Å². The molecule has 1 aromatic rings.